The van der Waals surface area contributed by atoms with Crippen molar-refractivity contribution in [3.63, 3.8) is 0 Å². The third kappa shape index (κ3) is 1.33. The van der Waals surface area contributed by atoms with Gasteiger partial charge in [0.15, 0.2) is 0 Å². The minimum Gasteiger partial charge on any atom is -0.382 e. The van der Waals surface area contributed by atoms with E-state index in [1.807, 2.05) is 11.8 Å². The van der Waals surface area contributed by atoms with E-state index in [1.165, 1.54) is 11.3 Å². The van der Waals surface area contributed by atoms with Gasteiger partial charge in [0.25, 0.3) is 0 Å². The fourth-order valence-corrected chi connectivity index (χ4v) is 2.72. The lowest BCUT2D eigenvalue weighted by atomic mass is 10.1. The van der Waals surface area contributed by atoms with E-state index in [4.69, 9.17) is 5.73 Å². The van der Waals surface area contributed by atoms with Gasteiger partial charge >= 0.3 is 0 Å². The van der Waals surface area contributed by atoms with Crippen molar-refractivity contribution >= 4 is 17.6 Å². The topological polar surface area (TPSA) is 43.8 Å². The molecule has 13 heavy (non-hydrogen) atoms. The van der Waals surface area contributed by atoms with Gasteiger partial charge in [0.1, 0.15) is 5.82 Å². The van der Waals surface area contributed by atoms with Crippen LogP contribution in [0.25, 0.3) is 0 Å². The first-order valence-electron chi connectivity index (χ1n) is 4.44. The number of aromatic nitrogens is 2. The molecule has 72 valence electrons. The number of anilines is 1. The second kappa shape index (κ2) is 2.67. The van der Waals surface area contributed by atoms with E-state index in [0.29, 0.717) is 0 Å². The minimum absolute atomic E-state index is 0.0482. The maximum Gasteiger partial charge on any atom is 0.149 e. The molecule has 0 unspecified atom stereocenters. The van der Waals surface area contributed by atoms with Gasteiger partial charge in [-0.05, 0) is 20.8 Å². The first kappa shape index (κ1) is 8.94. The average molecular weight is 197 g/mol. The van der Waals surface area contributed by atoms with Gasteiger partial charge in [-0.15, -0.1) is 0 Å². The Morgan fingerprint density at radius 1 is 1.38 bits per heavy atom. The molecule has 0 saturated heterocycles. The van der Waals surface area contributed by atoms with E-state index in [0.717, 1.165) is 17.3 Å². The average Bonchev–Trinajstić information content (AvgIpc) is 2.51. The van der Waals surface area contributed by atoms with Gasteiger partial charge in [-0.3, -0.25) is 4.68 Å². The Morgan fingerprint density at radius 3 is 2.69 bits per heavy atom. The number of thioether (sulfide) groups is 1. The number of nitrogen functional groups attached to an aromatic ring is 1. The van der Waals surface area contributed by atoms with Gasteiger partial charge in [-0.1, -0.05) is 0 Å². The van der Waals surface area contributed by atoms with Crippen LogP contribution in [0.4, 0.5) is 5.82 Å². The molecule has 0 spiro atoms. The molecule has 0 aliphatic carbocycles. The van der Waals surface area contributed by atoms with Crippen LogP contribution in [0.15, 0.2) is 0 Å². The van der Waals surface area contributed by atoms with Crippen LogP contribution in [0, 0.1) is 0 Å². The summed E-state index contributed by atoms with van der Waals surface area (Å²) in [6, 6.07) is 0. The molecule has 2 heterocycles. The lowest BCUT2D eigenvalue weighted by molar-refractivity contribution is 0.348. The standard InChI is InChI=1S/C9H15N3S/c1-9(2,3)12-7-5-13-4-6(7)8(10)11-12/h4-5H2,1-3H3,(H2,10,11). The zero-order valence-electron chi connectivity index (χ0n) is 8.29. The first-order valence-corrected chi connectivity index (χ1v) is 5.60. The van der Waals surface area contributed by atoms with Gasteiger partial charge in [-0.25, -0.2) is 0 Å². The molecule has 2 N–H and O–H groups in total. The van der Waals surface area contributed by atoms with Crippen LogP contribution in [-0.2, 0) is 17.0 Å². The van der Waals surface area contributed by atoms with Gasteiger partial charge in [-0.2, -0.15) is 16.9 Å². The van der Waals surface area contributed by atoms with Crippen LogP contribution in [0.2, 0.25) is 0 Å². The van der Waals surface area contributed by atoms with Crippen molar-refractivity contribution in [1.82, 2.24) is 9.78 Å². The summed E-state index contributed by atoms with van der Waals surface area (Å²) >= 11 is 1.91. The van der Waals surface area contributed by atoms with Crippen LogP contribution in [0.3, 0.4) is 0 Å². The summed E-state index contributed by atoms with van der Waals surface area (Å²) < 4.78 is 2.07. The Bertz CT molecular complexity index is 335. The van der Waals surface area contributed by atoms with Gasteiger partial charge in [0.05, 0.1) is 11.2 Å². The first-order chi connectivity index (χ1) is 6.00. The SMILES string of the molecule is CC(C)(C)n1nc(N)c2c1CSC2. The second-order valence-corrected chi connectivity index (χ2v) is 5.37. The van der Waals surface area contributed by atoms with Crippen molar-refractivity contribution in [3.05, 3.63) is 11.3 Å². The predicted octanol–water partition coefficient (Wildman–Crippen LogP) is 1.97. The van der Waals surface area contributed by atoms with Gasteiger partial charge in [0.2, 0.25) is 0 Å². The normalized spacial score (nSPS) is 16.2. The Balaban J connectivity index is 2.55. The quantitative estimate of drug-likeness (QED) is 0.691. The molecular formula is C9H15N3S. The number of rotatable bonds is 0. The summed E-state index contributed by atoms with van der Waals surface area (Å²) in [5, 5.41) is 4.38. The monoisotopic (exact) mass is 197 g/mol. The predicted molar refractivity (Wildman–Crippen MR) is 56.6 cm³/mol. The number of hydrogen-bond donors (Lipinski definition) is 1. The highest BCUT2D eigenvalue weighted by atomic mass is 32.2. The Labute approximate surface area is 82.7 Å². The Morgan fingerprint density at radius 2 is 2.08 bits per heavy atom. The zero-order chi connectivity index (χ0) is 9.64. The number of nitrogens with two attached hydrogens (primary N) is 1. The summed E-state index contributed by atoms with van der Waals surface area (Å²) in [6.07, 6.45) is 0. The number of nitrogens with zero attached hydrogens (tertiary/aromatic N) is 2. The van der Waals surface area contributed by atoms with E-state index in [-0.39, 0.29) is 5.54 Å². The molecule has 0 amide bonds. The van der Waals surface area contributed by atoms with Crippen molar-refractivity contribution in [2.24, 2.45) is 0 Å². The molecule has 1 aliphatic heterocycles. The molecule has 0 atom stereocenters. The summed E-state index contributed by atoms with van der Waals surface area (Å²) in [4.78, 5) is 0. The summed E-state index contributed by atoms with van der Waals surface area (Å²) in [6.45, 7) is 6.47. The molecule has 1 aromatic rings. The Hall–Kier alpha value is -0.640. The van der Waals surface area contributed by atoms with E-state index in [9.17, 15) is 0 Å². The molecule has 0 saturated carbocycles. The molecule has 2 rings (SSSR count). The van der Waals surface area contributed by atoms with Gasteiger partial charge in [0, 0.05) is 17.1 Å². The van der Waals surface area contributed by atoms with Crippen molar-refractivity contribution in [2.45, 2.75) is 37.8 Å². The van der Waals surface area contributed by atoms with Crippen molar-refractivity contribution in [2.75, 3.05) is 5.73 Å². The van der Waals surface area contributed by atoms with E-state index >= 15 is 0 Å². The summed E-state index contributed by atoms with van der Waals surface area (Å²) in [5.74, 6) is 2.79. The highest BCUT2D eigenvalue weighted by molar-refractivity contribution is 7.98. The third-order valence-electron chi connectivity index (χ3n) is 2.24. The van der Waals surface area contributed by atoms with Crippen molar-refractivity contribution in [1.29, 1.82) is 0 Å². The zero-order valence-corrected chi connectivity index (χ0v) is 9.11. The summed E-state index contributed by atoms with van der Waals surface area (Å²) in [7, 11) is 0. The molecule has 1 aromatic heterocycles. The van der Waals surface area contributed by atoms with Crippen LogP contribution in [-0.4, -0.2) is 9.78 Å². The summed E-state index contributed by atoms with van der Waals surface area (Å²) in [5.41, 5.74) is 8.46. The molecule has 0 fully saturated rings. The molecule has 1 aliphatic rings. The second-order valence-electron chi connectivity index (χ2n) is 4.39. The van der Waals surface area contributed by atoms with Crippen molar-refractivity contribution < 1.29 is 0 Å². The smallest absolute Gasteiger partial charge is 0.149 e. The largest absolute Gasteiger partial charge is 0.382 e. The molecule has 0 aromatic carbocycles. The maximum atomic E-state index is 5.84. The fraction of sp³-hybridized carbons (Fsp3) is 0.667. The molecule has 0 radical (unpaired) electrons. The van der Waals surface area contributed by atoms with Crippen LogP contribution in [0.5, 0.6) is 0 Å². The lowest BCUT2D eigenvalue weighted by Crippen LogP contribution is -2.25. The van der Waals surface area contributed by atoms with E-state index in [1.54, 1.807) is 0 Å². The molecular weight excluding hydrogens is 182 g/mol. The van der Waals surface area contributed by atoms with Crippen molar-refractivity contribution in [3.8, 4) is 0 Å². The minimum atomic E-state index is 0.0482. The third-order valence-corrected chi connectivity index (χ3v) is 3.21. The van der Waals surface area contributed by atoms with E-state index < -0.39 is 0 Å². The highest BCUT2D eigenvalue weighted by Gasteiger charge is 2.26. The van der Waals surface area contributed by atoms with Crippen LogP contribution in [0.1, 0.15) is 32.0 Å². The van der Waals surface area contributed by atoms with Crippen LogP contribution >= 0.6 is 11.8 Å². The van der Waals surface area contributed by atoms with Crippen LogP contribution < -0.4 is 5.73 Å². The lowest BCUT2D eigenvalue weighted by Gasteiger charge is -2.21. The number of hydrogen-bond acceptors (Lipinski definition) is 3. The Kier molecular flexibility index (Phi) is 1.84. The highest BCUT2D eigenvalue weighted by Crippen LogP contribution is 2.35. The molecule has 0 bridgehead atoms. The maximum absolute atomic E-state index is 5.84. The van der Waals surface area contributed by atoms with Gasteiger partial charge < -0.3 is 5.73 Å². The van der Waals surface area contributed by atoms with E-state index in [2.05, 4.69) is 30.6 Å². The molecule has 3 nitrogen and oxygen atoms in total. The fourth-order valence-electron chi connectivity index (χ4n) is 1.61. The molecule has 4 heteroatoms. The number of fused-ring (bicyclic) bond motifs is 1.